The van der Waals surface area contributed by atoms with Gasteiger partial charge in [-0.2, -0.15) is 0 Å². The maximum atomic E-state index is 12.9. The highest BCUT2D eigenvalue weighted by molar-refractivity contribution is 7.99. The molecule has 0 aliphatic carbocycles. The van der Waals surface area contributed by atoms with E-state index in [0.717, 1.165) is 11.8 Å². The summed E-state index contributed by atoms with van der Waals surface area (Å²) in [4.78, 5) is 26.2. The zero-order chi connectivity index (χ0) is 20.7. The Morgan fingerprint density at radius 2 is 1.66 bits per heavy atom. The van der Waals surface area contributed by atoms with E-state index in [1.54, 1.807) is 56.6 Å². The molecule has 0 spiro atoms. The highest BCUT2D eigenvalue weighted by Crippen LogP contribution is 2.37. The maximum absolute atomic E-state index is 12.9. The Kier molecular flexibility index (Phi) is 4.71. The zero-order valence-corrected chi connectivity index (χ0v) is 16.7. The van der Waals surface area contributed by atoms with Gasteiger partial charge in [-0.25, -0.2) is 4.79 Å². The quantitative estimate of drug-likeness (QED) is 0.514. The van der Waals surface area contributed by atoms with E-state index in [9.17, 15) is 14.7 Å². The molecule has 0 unspecified atom stereocenters. The standard InChI is InChI=1S/C21H17NO6S/c1-22-15-9-6-12(27-3)10-14(15)18-16(20(22)24)17(23)19(21(25)28-18)29-13-7-4-11(26-2)5-8-13/h4-10,23H,1-3H3. The average Bonchev–Trinajstić information content (AvgIpc) is 2.74. The fourth-order valence-corrected chi connectivity index (χ4v) is 3.97. The van der Waals surface area contributed by atoms with Gasteiger partial charge >= 0.3 is 5.63 Å². The molecule has 4 rings (SSSR count). The van der Waals surface area contributed by atoms with Crippen molar-refractivity contribution >= 4 is 33.6 Å². The molecule has 0 radical (unpaired) electrons. The van der Waals surface area contributed by atoms with Crippen molar-refractivity contribution in [1.29, 1.82) is 0 Å². The van der Waals surface area contributed by atoms with E-state index in [2.05, 4.69) is 0 Å². The summed E-state index contributed by atoms with van der Waals surface area (Å²) in [6.07, 6.45) is 0. The Balaban J connectivity index is 1.99. The molecule has 4 aromatic rings. The van der Waals surface area contributed by atoms with E-state index in [0.29, 0.717) is 27.3 Å². The summed E-state index contributed by atoms with van der Waals surface area (Å²) >= 11 is 1.02. The number of aryl methyl sites for hydroxylation is 1. The van der Waals surface area contributed by atoms with Gasteiger partial charge in [0, 0.05) is 17.3 Å². The summed E-state index contributed by atoms with van der Waals surface area (Å²) in [6.45, 7) is 0. The van der Waals surface area contributed by atoms with Gasteiger partial charge in [0.15, 0.2) is 11.3 Å². The van der Waals surface area contributed by atoms with Crippen molar-refractivity contribution in [2.24, 2.45) is 7.05 Å². The summed E-state index contributed by atoms with van der Waals surface area (Å²) in [5, 5.41) is 11.3. The number of aromatic nitrogens is 1. The van der Waals surface area contributed by atoms with E-state index in [-0.39, 0.29) is 15.9 Å². The van der Waals surface area contributed by atoms with Crippen LogP contribution >= 0.6 is 11.8 Å². The van der Waals surface area contributed by atoms with Crippen LogP contribution in [0.5, 0.6) is 17.2 Å². The van der Waals surface area contributed by atoms with Gasteiger partial charge in [-0.1, -0.05) is 11.8 Å². The molecule has 0 atom stereocenters. The lowest BCUT2D eigenvalue weighted by Crippen LogP contribution is -2.19. The van der Waals surface area contributed by atoms with Crippen LogP contribution in [0.4, 0.5) is 0 Å². The first kappa shape index (κ1) is 18.9. The first-order chi connectivity index (χ1) is 13.9. The third-order valence-electron chi connectivity index (χ3n) is 4.67. The molecule has 29 heavy (non-hydrogen) atoms. The monoisotopic (exact) mass is 411 g/mol. The first-order valence-corrected chi connectivity index (χ1v) is 9.44. The lowest BCUT2D eigenvalue weighted by Gasteiger charge is -2.12. The molecule has 0 amide bonds. The Bertz CT molecular complexity index is 1350. The smallest absolute Gasteiger partial charge is 0.354 e. The fourth-order valence-electron chi connectivity index (χ4n) is 3.14. The van der Waals surface area contributed by atoms with E-state index in [4.69, 9.17) is 13.9 Å². The number of pyridine rings is 1. The number of rotatable bonds is 4. The summed E-state index contributed by atoms with van der Waals surface area (Å²) < 4.78 is 17.3. The number of nitrogens with zero attached hydrogens (tertiary/aromatic N) is 1. The van der Waals surface area contributed by atoms with Crippen LogP contribution in [-0.2, 0) is 7.05 Å². The first-order valence-electron chi connectivity index (χ1n) is 8.63. The number of benzene rings is 2. The van der Waals surface area contributed by atoms with Crippen LogP contribution in [0, 0.1) is 0 Å². The molecule has 1 N–H and O–H groups in total. The minimum absolute atomic E-state index is 0.0311. The second-order valence-electron chi connectivity index (χ2n) is 6.30. The normalized spacial score (nSPS) is 11.1. The molecule has 8 heteroatoms. The molecule has 148 valence electrons. The van der Waals surface area contributed by atoms with E-state index < -0.39 is 16.9 Å². The molecule has 7 nitrogen and oxygen atoms in total. The van der Waals surface area contributed by atoms with Gasteiger partial charge in [-0.05, 0) is 42.5 Å². The van der Waals surface area contributed by atoms with Crippen LogP contribution in [0.2, 0.25) is 0 Å². The minimum Gasteiger partial charge on any atom is -0.505 e. The molecule has 0 aliphatic rings. The number of ether oxygens (including phenoxy) is 2. The SMILES string of the molecule is COc1ccc(Sc2c(O)c3c(=O)n(C)c4ccc(OC)cc4c3oc2=O)cc1. The summed E-state index contributed by atoms with van der Waals surface area (Å²) in [6, 6.07) is 12.0. The number of aromatic hydroxyl groups is 1. The van der Waals surface area contributed by atoms with Crippen molar-refractivity contribution in [3.63, 3.8) is 0 Å². The molecular formula is C21H17NO6S. The molecular weight excluding hydrogens is 394 g/mol. The van der Waals surface area contributed by atoms with Crippen LogP contribution in [-0.4, -0.2) is 23.9 Å². The van der Waals surface area contributed by atoms with Crippen molar-refractivity contribution in [2.45, 2.75) is 9.79 Å². The number of fused-ring (bicyclic) bond motifs is 3. The van der Waals surface area contributed by atoms with E-state index in [1.807, 2.05) is 0 Å². The summed E-state index contributed by atoms with van der Waals surface area (Å²) in [5.74, 6) is 0.803. The van der Waals surface area contributed by atoms with Crippen molar-refractivity contribution in [3.05, 3.63) is 63.2 Å². The predicted octanol–water partition coefficient (Wildman–Crippen LogP) is 3.52. The molecule has 2 aromatic carbocycles. The Labute approximate surface area is 169 Å². The molecule has 0 saturated heterocycles. The maximum Gasteiger partial charge on any atom is 0.354 e. The molecule has 2 heterocycles. The third-order valence-corrected chi connectivity index (χ3v) is 5.74. The second-order valence-corrected chi connectivity index (χ2v) is 7.38. The number of methoxy groups -OCH3 is 2. The van der Waals surface area contributed by atoms with E-state index in [1.165, 1.54) is 11.7 Å². The van der Waals surface area contributed by atoms with Crippen LogP contribution in [0.25, 0.3) is 21.9 Å². The highest BCUT2D eigenvalue weighted by Gasteiger charge is 2.21. The summed E-state index contributed by atoms with van der Waals surface area (Å²) in [5.41, 5.74) is -0.603. The van der Waals surface area contributed by atoms with Gasteiger partial charge in [0.25, 0.3) is 5.56 Å². The van der Waals surface area contributed by atoms with Crippen molar-refractivity contribution in [2.75, 3.05) is 14.2 Å². The van der Waals surface area contributed by atoms with Gasteiger partial charge in [0.2, 0.25) is 0 Å². The molecule has 0 aliphatic heterocycles. The number of hydrogen-bond donors (Lipinski definition) is 1. The lowest BCUT2D eigenvalue weighted by molar-refractivity contribution is 0.414. The Hall–Kier alpha value is -3.39. The molecule has 2 aromatic heterocycles. The van der Waals surface area contributed by atoms with Crippen molar-refractivity contribution in [1.82, 2.24) is 4.57 Å². The molecule has 0 saturated carbocycles. The van der Waals surface area contributed by atoms with Gasteiger partial charge < -0.3 is 23.6 Å². The topological polar surface area (TPSA) is 90.9 Å². The molecule has 0 bridgehead atoms. The lowest BCUT2D eigenvalue weighted by atomic mass is 10.1. The van der Waals surface area contributed by atoms with Crippen LogP contribution < -0.4 is 20.7 Å². The van der Waals surface area contributed by atoms with Gasteiger partial charge in [0.05, 0.1) is 19.7 Å². The average molecular weight is 411 g/mol. The van der Waals surface area contributed by atoms with Crippen LogP contribution in [0.15, 0.2) is 66.3 Å². The van der Waals surface area contributed by atoms with Gasteiger partial charge in [0.1, 0.15) is 21.8 Å². The van der Waals surface area contributed by atoms with Crippen molar-refractivity contribution in [3.8, 4) is 17.2 Å². The minimum atomic E-state index is -0.729. The zero-order valence-electron chi connectivity index (χ0n) is 15.9. The largest absolute Gasteiger partial charge is 0.505 e. The second kappa shape index (κ2) is 7.21. The van der Waals surface area contributed by atoms with Crippen LogP contribution in [0.1, 0.15) is 0 Å². The molecule has 0 fully saturated rings. The van der Waals surface area contributed by atoms with E-state index >= 15 is 0 Å². The van der Waals surface area contributed by atoms with Gasteiger partial charge in [-0.3, -0.25) is 4.79 Å². The predicted molar refractivity (Wildman–Crippen MR) is 111 cm³/mol. The van der Waals surface area contributed by atoms with Gasteiger partial charge in [-0.15, -0.1) is 0 Å². The van der Waals surface area contributed by atoms with Crippen molar-refractivity contribution < 1.29 is 19.0 Å². The fraction of sp³-hybridized carbons (Fsp3) is 0.143. The third kappa shape index (κ3) is 3.11. The Morgan fingerprint density at radius 1 is 1.00 bits per heavy atom. The highest BCUT2D eigenvalue weighted by atomic mass is 32.2. The Morgan fingerprint density at radius 3 is 2.31 bits per heavy atom. The summed E-state index contributed by atoms with van der Waals surface area (Å²) in [7, 11) is 4.67. The number of hydrogen-bond acceptors (Lipinski definition) is 7. The van der Waals surface area contributed by atoms with Crippen LogP contribution in [0.3, 0.4) is 0 Å².